The first-order valence-electron chi connectivity index (χ1n) is 8.71. The van der Waals surface area contributed by atoms with E-state index < -0.39 is 0 Å². The third-order valence-corrected chi connectivity index (χ3v) is 5.47. The molecular weight excluding hydrogens is 320 g/mol. The van der Waals surface area contributed by atoms with Crippen LogP contribution in [-0.2, 0) is 11.2 Å². The van der Waals surface area contributed by atoms with Crippen LogP contribution in [0.5, 0.6) is 0 Å². The van der Waals surface area contributed by atoms with Crippen LogP contribution in [0.4, 0.5) is 5.69 Å². The van der Waals surface area contributed by atoms with Crippen LogP contribution in [0, 0.1) is 0 Å². The van der Waals surface area contributed by atoms with Gasteiger partial charge in [-0.2, -0.15) is 0 Å². The van der Waals surface area contributed by atoms with Gasteiger partial charge in [0.15, 0.2) is 5.16 Å². The number of aryl methyl sites for hydroxylation is 1. The van der Waals surface area contributed by atoms with E-state index in [2.05, 4.69) is 27.0 Å². The molecular formula is C18H22N4OS. The van der Waals surface area contributed by atoms with Gasteiger partial charge in [-0.3, -0.25) is 4.79 Å². The largest absolute Gasteiger partial charge is 0.325 e. The van der Waals surface area contributed by atoms with Crippen LogP contribution in [0.15, 0.2) is 29.4 Å². The topological polar surface area (TPSA) is 59.8 Å². The predicted molar refractivity (Wildman–Crippen MR) is 95.4 cm³/mol. The van der Waals surface area contributed by atoms with E-state index in [0.29, 0.717) is 17.7 Å². The molecule has 6 heteroatoms. The Morgan fingerprint density at radius 3 is 2.58 bits per heavy atom. The molecule has 126 valence electrons. The summed E-state index contributed by atoms with van der Waals surface area (Å²) in [6, 6.07) is 8.57. The number of aromatic nitrogens is 3. The number of nitrogens with zero attached hydrogens (tertiary/aromatic N) is 3. The lowest BCUT2D eigenvalue weighted by atomic mass is 10.1. The van der Waals surface area contributed by atoms with Crippen LogP contribution < -0.4 is 5.32 Å². The third kappa shape index (κ3) is 3.48. The van der Waals surface area contributed by atoms with Gasteiger partial charge in [-0.05, 0) is 49.8 Å². The summed E-state index contributed by atoms with van der Waals surface area (Å²) < 4.78 is 2.28. The average Bonchev–Trinajstić information content (AvgIpc) is 3.52. The fourth-order valence-corrected chi connectivity index (χ4v) is 3.65. The van der Waals surface area contributed by atoms with Crippen molar-refractivity contribution in [2.45, 2.75) is 56.1 Å². The first kappa shape index (κ1) is 15.7. The van der Waals surface area contributed by atoms with Gasteiger partial charge >= 0.3 is 0 Å². The highest BCUT2D eigenvalue weighted by atomic mass is 32.2. The van der Waals surface area contributed by atoms with Gasteiger partial charge in [0, 0.05) is 17.6 Å². The molecule has 1 N–H and O–H groups in total. The molecule has 0 aliphatic heterocycles. The molecule has 0 unspecified atom stereocenters. The lowest BCUT2D eigenvalue weighted by Crippen LogP contribution is -2.14. The second-order valence-corrected chi connectivity index (χ2v) is 7.55. The Hall–Kier alpha value is -1.82. The van der Waals surface area contributed by atoms with Gasteiger partial charge in [0.1, 0.15) is 5.82 Å². The van der Waals surface area contributed by atoms with E-state index in [1.807, 2.05) is 24.3 Å². The molecule has 2 aliphatic carbocycles. The van der Waals surface area contributed by atoms with Gasteiger partial charge in [-0.25, -0.2) is 0 Å². The SMILES string of the molecule is CCc1ccc(NC(=O)CSc2nnc(C3CC3)n2C2CC2)cc1. The van der Waals surface area contributed by atoms with E-state index in [-0.39, 0.29) is 5.91 Å². The van der Waals surface area contributed by atoms with Crippen LogP contribution in [-0.4, -0.2) is 26.4 Å². The minimum absolute atomic E-state index is 0.00238. The number of nitrogens with one attached hydrogen (secondary N) is 1. The maximum atomic E-state index is 12.2. The van der Waals surface area contributed by atoms with Gasteiger partial charge < -0.3 is 9.88 Å². The molecule has 0 saturated heterocycles. The molecule has 0 spiro atoms. The number of amides is 1. The van der Waals surface area contributed by atoms with Crippen molar-refractivity contribution in [1.29, 1.82) is 0 Å². The van der Waals surface area contributed by atoms with Gasteiger partial charge in [-0.15, -0.1) is 10.2 Å². The Morgan fingerprint density at radius 2 is 1.96 bits per heavy atom. The average molecular weight is 342 g/mol. The number of carbonyl (C=O) groups is 1. The van der Waals surface area contributed by atoms with Crippen molar-refractivity contribution in [3.05, 3.63) is 35.7 Å². The van der Waals surface area contributed by atoms with Crippen molar-refractivity contribution in [2.75, 3.05) is 11.1 Å². The normalized spacial score (nSPS) is 17.0. The fourth-order valence-electron chi connectivity index (χ4n) is 2.83. The van der Waals surface area contributed by atoms with E-state index >= 15 is 0 Å². The Labute approximate surface area is 146 Å². The molecule has 2 aliphatic rings. The van der Waals surface area contributed by atoms with E-state index in [0.717, 1.165) is 23.1 Å². The highest BCUT2D eigenvalue weighted by Crippen LogP contribution is 2.45. The van der Waals surface area contributed by atoms with Crippen molar-refractivity contribution >= 4 is 23.4 Å². The molecule has 1 heterocycles. The first-order valence-corrected chi connectivity index (χ1v) is 9.69. The summed E-state index contributed by atoms with van der Waals surface area (Å²) in [6.07, 6.45) is 5.88. The molecule has 0 bridgehead atoms. The smallest absolute Gasteiger partial charge is 0.234 e. The summed E-state index contributed by atoms with van der Waals surface area (Å²) in [5, 5.41) is 12.6. The molecule has 5 nitrogen and oxygen atoms in total. The number of benzene rings is 1. The van der Waals surface area contributed by atoms with Crippen LogP contribution >= 0.6 is 11.8 Å². The number of thioether (sulfide) groups is 1. The highest BCUT2D eigenvalue weighted by Gasteiger charge is 2.36. The van der Waals surface area contributed by atoms with Crippen molar-refractivity contribution in [3.8, 4) is 0 Å². The summed E-state index contributed by atoms with van der Waals surface area (Å²) >= 11 is 1.49. The van der Waals surface area contributed by atoms with Gasteiger partial charge in [0.2, 0.25) is 5.91 Å². The second kappa shape index (κ2) is 6.59. The minimum Gasteiger partial charge on any atom is -0.325 e. The van der Waals surface area contributed by atoms with Crippen LogP contribution in [0.1, 0.15) is 56.0 Å². The zero-order valence-electron chi connectivity index (χ0n) is 13.9. The van der Waals surface area contributed by atoms with Crippen molar-refractivity contribution in [2.24, 2.45) is 0 Å². The number of rotatable bonds is 7. The Bertz CT molecular complexity index is 732. The maximum Gasteiger partial charge on any atom is 0.234 e. The third-order valence-electron chi connectivity index (χ3n) is 4.52. The van der Waals surface area contributed by atoms with E-state index in [1.54, 1.807) is 0 Å². The molecule has 24 heavy (non-hydrogen) atoms. The molecule has 0 radical (unpaired) electrons. The van der Waals surface area contributed by atoms with Crippen molar-refractivity contribution in [3.63, 3.8) is 0 Å². The molecule has 1 amide bonds. The number of anilines is 1. The molecule has 0 atom stereocenters. The standard InChI is InChI=1S/C18H22N4OS/c1-2-12-3-7-14(8-4-12)19-16(23)11-24-18-21-20-17(13-5-6-13)22(18)15-9-10-15/h3-4,7-8,13,15H,2,5-6,9-11H2,1H3,(H,19,23). The summed E-state index contributed by atoms with van der Waals surface area (Å²) in [4.78, 5) is 12.2. The molecule has 1 aromatic heterocycles. The molecule has 2 aromatic rings. The quantitative estimate of drug-likeness (QED) is 0.778. The van der Waals surface area contributed by atoms with Gasteiger partial charge in [-0.1, -0.05) is 30.8 Å². The fraction of sp³-hybridized carbons (Fsp3) is 0.500. The Morgan fingerprint density at radius 1 is 1.21 bits per heavy atom. The predicted octanol–water partition coefficient (Wildman–Crippen LogP) is 3.78. The number of hydrogen-bond donors (Lipinski definition) is 1. The van der Waals surface area contributed by atoms with E-state index in [4.69, 9.17) is 0 Å². The monoisotopic (exact) mass is 342 g/mol. The summed E-state index contributed by atoms with van der Waals surface area (Å²) in [5.74, 6) is 2.10. The Kier molecular flexibility index (Phi) is 4.31. The maximum absolute atomic E-state index is 12.2. The Balaban J connectivity index is 1.37. The van der Waals surface area contributed by atoms with Crippen molar-refractivity contribution < 1.29 is 4.79 Å². The number of carbonyl (C=O) groups excluding carboxylic acids is 1. The second-order valence-electron chi connectivity index (χ2n) is 6.60. The summed E-state index contributed by atoms with van der Waals surface area (Å²) in [7, 11) is 0. The molecule has 4 rings (SSSR count). The van der Waals surface area contributed by atoms with E-state index in [1.165, 1.54) is 43.0 Å². The van der Waals surface area contributed by atoms with Crippen LogP contribution in [0.2, 0.25) is 0 Å². The zero-order chi connectivity index (χ0) is 16.5. The lowest BCUT2D eigenvalue weighted by molar-refractivity contribution is -0.113. The van der Waals surface area contributed by atoms with Gasteiger partial charge in [0.05, 0.1) is 5.75 Å². The van der Waals surface area contributed by atoms with Gasteiger partial charge in [0.25, 0.3) is 0 Å². The van der Waals surface area contributed by atoms with Crippen molar-refractivity contribution in [1.82, 2.24) is 14.8 Å². The summed E-state index contributed by atoms with van der Waals surface area (Å²) in [5.41, 5.74) is 2.12. The zero-order valence-corrected chi connectivity index (χ0v) is 14.7. The minimum atomic E-state index is 0.00238. The molecule has 2 saturated carbocycles. The lowest BCUT2D eigenvalue weighted by Gasteiger charge is -2.08. The first-order chi connectivity index (χ1) is 11.7. The molecule has 1 aromatic carbocycles. The summed E-state index contributed by atoms with van der Waals surface area (Å²) in [6.45, 7) is 2.12. The highest BCUT2D eigenvalue weighted by molar-refractivity contribution is 7.99. The van der Waals surface area contributed by atoms with Crippen LogP contribution in [0.25, 0.3) is 0 Å². The van der Waals surface area contributed by atoms with Crippen LogP contribution in [0.3, 0.4) is 0 Å². The molecule has 2 fully saturated rings. The van der Waals surface area contributed by atoms with E-state index in [9.17, 15) is 4.79 Å². The number of hydrogen-bond acceptors (Lipinski definition) is 4.